The van der Waals surface area contributed by atoms with Crippen molar-refractivity contribution in [1.29, 1.82) is 0 Å². The van der Waals surface area contributed by atoms with Crippen LogP contribution in [-0.2, 0) is 0 Å². The fraction of sp³-hybridized carbons (Fsp3) is 0.571. The maximum atomic E-state index is 5.98. The molecule has 0 saturated carbocycles. The van der Waals surface area contributed by atoms with Gasteiger partial charge in [-0.15, -0.1) is 0 Å². The van der Waals surface area contributed by atoms with E-state index < -0.39 is 0 Å². The number of hydrogen-bond acceptors (Lipinski definition) is 4. The Hall–Kier alpha value is -1.42. The van der Waals surface area contributed by atoms with E-state index in [1.807, 2.05) is 12.1 Å². The largest absolute Gasteiger partial charge is 0.454 e. The number of hydrogen-bond donors (Lipinski definition) is 1. The number of nitrogens with two attached hydrogens (primary N) is 1. The second-order valence-corrected chi connectivity index (χ2v) is 5.55. The highest BCUT2D eigenvalue weighted by atomic mass is 16.7. The predicted molar refractivity (Wildman–Crippen MR) is 73.3 cm³/mol. The van der Waals surface area contributed by atoms with E-state index in [1.165, 1.54) is 0 Å². The van der Waals surface area contributed by atoms with Gasteiger partial charge < -0.3 is 20.1 Å². The van der Waals surface area contributed by atoms with Gasteiger partial charge in [-0.2, -0.15) is 0 Å². The minimum absolute atomic E-state index is 0.0876. The lowest BCUT2D eigenvalue weighted by molar-refractivity contribution is 0.174. The van der Waals surface area contributed by atoms with Crippen LogP contribution in [0.25, 0.3) is 0 Å². The topological polar surface area (TPSA) is 47.7 Å². The van der Waals surface area contributed by atoms with Crippen LogP contribution in [0.15, 0.2) is 18.2 Å². The molecule has 18 heavy (non-hydrogen) atoms. The predicted octanol–water partition coefficient (Wildman–Crippen LogP) is 2.37. The van der Waals surface area contributed by atoms with Gasteiger partial charge in [-0.25, -0.2) is 0 Å². The van der Waals surface area contributed by atoms with Gasteiger partial charge in [0, 0.05) is 30.9 Å². The van der Waals surface area contributed by atoms with Crippen molar-refractivity contribution < 1.29 is 9.47 Å². The van der Waals surface area contributed by atoms with E-state index in [1.54, 1.807) is 0 Å². The third-order valence-electron chi connectivity index (χ3n) is 3.11. The molecule has 1 aromatic rings. The lowest BCUT2D eigenvalue weighted by Crippen LogP contribution is -2.33. The van der Waals surface area contributed by atoms with Crippen LogP contribution in [0.2, 0.25) is 0 Å². The summed E-state index contributed by atoms with van der Waals surface area (Å²) in [5, 5.41) is 0. The zero-order chi connectivity index (χ0) is 13.2. The molecule has 2 rings (SSSR count). The lowest BCUT2D eigenvalue weighted by atomic mass is 10.00. The van der Waals surface area contributed by atoms with Crippen LogP contribution in [0.3, 0.4) is 0 Å². The van der Waals surface area contributed by atoms with Gasteiger partial charge in [0.2, 0.25) is 6.79 Å². The Morgan fingerprint density at radius 2 is 2.00 bits per heavy atom. The van der Waals surface area contributed by atoms with Gasteiger partial charge in [0.05, 0.1) is 0 Å². The molecule has 1 aliphatic heterocycles. The Morgan fingerprint density at radius 1 is 1.28 bits per heavy atom. The minimum Gasteiger partial charge on any atom is -0.454 e. The number of ether oxygens (including phenoxy) is 2. The molecule has 0 unspecified atom stereocenters. The highest BCUT2D eigenvalue weighted by Crippen LogP contribution is 2.35. The van der Waals surface area contributed by atoms with Gasteiger partial charge in [0.15, 0.2) is 11.5 Å². The summed E-state index contributed by atoms with van der Waals surface area (Å²) in [6, 6.07) is 6.04. The Labute approximate surface area is 109 Å². The van der Waals surface area contributed by atoms with Crippen LogP contribution in [0.5, 0.6) is 11.5 Å². The number of fused-ring (bicyclic) bond motifs is 1. The van der Waals surface area contributed by atoms with E-state index in [-0.39, 0.29) is 5.54 Å². The van der Waals surface area contributed by atoms with E-state index in [0.717, 1.165) is 36.6 Å². The van der Waals surface area contributed by atoms with E-state index in [4.69, 9.17) is 15.2 Å². The minimum atomic E-state index is -0.0876. The summed E-state index contributed by atoms with van der Waals surface area (Å²) in [4.78, 5) is 2.22. The summed E-state index contributed by atoms with van der Waals surface area (Å²) in [5.74, 6) is 1.66. The van der Waals surface area contributed by atoms with Gasteiger partial charge in [-0.1, -0.05) is 0 Å². The van der Waals surface area contributed by atoms with Crippen molar-refractivity contribution in [3.63, 3.8) is 0 Å². The smallest absolute Gasteiger partial charge is 0.231 e. The highest BCUT2D eigenvalue weighted by molar-refractivity contribution is 5.56. The highest BCUT2D eigenvalue weighted by Gasteiger charge is 2.15. The standard InChI is InChI=1S/C14H22N2O2/c1-14(2,15)7-4-8-16(3)11-5-6-12-13(9-11)18-10-17-12/h5-6,9H,4,7-8,10,15H2,1-3H3. The van der Waals surface area contributed by atoms with E-state index in [9.17, 15) is 0 Å². The molecule has 0 fully saturated rings. The van der Waals surface area contributed by atoms with Crippen LogP contribution in [0.4, 0.5) is 5.69 Å². The maximum Gasteiger partial charge on any atom is 0.231 e. The zero-order valence-corrected chi connectivity index (χ0v) is 11.4. The Bertz CT molecular complexity index is 413. The number of benzene rings is 1. The first kappa shape index (κ1) is 13.0. The van der Waals surface area contributed by atoms with Crippen molar-refractivity contribution in [3.8, 4) is 11.5 Å². The van der Waals surface area contributed by atoms with Crippen LogP contribution in [-0.4, -0.2) is 25.9 Å². The number of anilines is 1. The van der Waals surface area contributed by atoms with Gasteiger partial charge in [-0.3, -0.25) is 0 Å². The fourth-order valence-corrected chi connectivity index (χ4v) is 2.02. The van der Waals surface area contributed by atoms with Crippen molar-refractivity contribution in [1.82, 2.24) is 0 Å². The molecular formula is C14H22N2O2. The third-order valence-corrected chi connectivity index (χ3v) is 3.11. The normalized spacial score (nSPS) is 13.8. The summed E-state index contributed by atoms with van der Waals surface area (Å²) in [5.41, 5.74) is 7.04. The molecular weight excluding hydrogens is 228 g/mol. The first-order valence-electron chi connectivity index (χ1n) is 6.35. The number of nitrogens with zero attached hydrogens (tertiary/aromatic N) is 1. The second kappa shape index (κ2) is 5.06. The molecule has 4 heteroatoms. The molecule has 0 spiro atoms. The molecule has 1 aliphatic rings. The van der Waals surface area contributed by atoms with E-state index in [2.05, 4.69) is 31.9 Å². The molecule has 0 radical (unpaired) electrons. The molecule has 0 aliphatic carbocycles. The van der Waals surface area contributed by atoms with Gasteiger partial charge in [0.1, 0.15) is 0 Å². The van der Waals surface area contributed by atoms with Crippen LogP contribution < -0.4 is 20.1 Å². The van der Waals surface area contributed by atoms with E-state index in [0.29, 0.717) is 6.79 Å². The molecule has 1 heterocycles. The molecule has 0 amide bonds. The van der Waals surface area contributed by atoms with Crippen molar-refractivity contribution >= 4 is 5.69 Å². The molecule has 1 aromatic carbocycles. The average Bonchev–Trinajstić information content (AvgIpc) is 2.73. The molecule has 0 bridgehead atoms. The number of rotatable bonds is 5. The first-order chi connectivity index (χ1) is 8.46. The second-order valence-electron chi connectivity index (χ2n) is 5.55. The van der Waals surface area contributed by atoms with Gasteiger partial charge in [-0.05, 0) is 38.8 Å². The summed E-state index contributed by atoms with van der Waals surface area (Å²) < 4.78 is 10.7. The van der Waals surface area contributed by atoms with Crippen LogP contribution in [0, 0.1) is 0 Å². The van der Waals surface area contributed by atoms with Crippen LogP contribution in [0.1, 0.15) is 26.7 Å². The van der Waals surface area contributed by atoms with Gasteiger partial charge in [0.25, 0.3) is 0 Å². The molecule has 0 atom stereocenters. The van der Waals surface area contributed by atoms with Gasteiger partial charge >= 0.3 is 0 Å². The summed E-state index contributed by atoms with van der Waals surface area (Å²) >= 11 is 0. The zero-order valence-electron chi connectivity index (χ0n) is 11.4. The molecule has 4 nitrogen and oxygen atoms in total. The monoisotopic (exact) mass is 250 g/mol. The van der Waals surface area contributed by atoms with E-state index >= 15 is 0 Å². The Balaban J connectivity index is 1.91. The SMILES string of the molecule is CN(CCCC(C)(C)N)c1ccc2c(c1)OCO2. The van der Waals surface area contributed by atoms with Crippen molar-refractivity contribution in [2.75, 3.05) is 25.3 Å². The van der Waals surface area contributed by atoms with Crippen molar-refractivity contribution in [3.05, 3.63) is 18.2 Å². The van der Waals surface area contributed by atoms with Crippen LogP contribution >= 0.6 is 0 Å². The summed E-state index contributed by atoms with van der Waals surface area (Å²) in [7, 11) is 2.08. The third kappa shape index (κ3) is 3.29. The fourth-order valence-electron chi connectivity index (χ4n) is 2.02. The average molecular weight is 250 g/mol. The molecule has 0 saturated heterocycles. The maximum absolute atomic E-state index is 5.98. The molecule has 2 N–H and O–H groups in total. The first-order valence-corrected chi connectivity index (χ1v) is 6.35. The Morgan fingerprint density at radius 3 is 2.72 bits per heavy atom. The van der Waals surface area contributed by atoms with Crippen molar-refractivity contribution in [2.45, 2.75) is 32.2 Å². The lowest BCUT2D eigenvalue weighted by Gasteiger charge is -2.23. The molecule has 100 valence electrons. The Kier molecular flexibility index (Phi) is 3.66. The van der Waals surface area contributed by atoms with Crippen molar-refractivity contribution in [2.24, 2.45) is 5.73 Å². The quantitative estimate of drug-likeness (QED) is 0.871. The summed E-state index contributed by atoms with van der Waals surface area (Å²) in [6.45, 7) is 5.44. The molecule has 0 aromatic heterocycles. The summed E-state index contributed by atoms with van der Waals surface area (Å²) in [6.07, 6.45) is 2.09.